The predicted octanol–water partition coefficient (Wildman–Crippen LogP) is 3.48. The van der Waals surface area contributed by atoms with Crippen molar-refractivity contribution >= 4 is 23.4 Å². The van der Waals surface area contributed by atoms with E-state index in [0.717, 1.165) is 23.9 Å². The highest BCUT2D eigenvalue weighted by molar-refractivity contribution is 7.99. The maximum Gasteiger partial charge on any atom is 0.339 e. The van der Waals surface area contributed by atoms with Crippen LogP contribution in [0.1, 0.15) is 10.4 Å². The summed E-state index contributed by atoms with van der Waals surface area (Å²) >= 11 is 1.13. The lowest BCUT2D eigenvalue weighted by molar-refractivity contribution is 0.0597. The first-order valence-corrected chi connectivity index (χ1v) is 6.43. The number of benzene rings is 2. The molecule has 0 bridgehead atoms. The van der Waals surface area contributed by atoms with Crippen LogP contribution in [-0.4, -0.2) is 13.1 Å². The molecule has 0 radical (unpaired) electrons. The van der Waals surface area contributed by atoms with Gasteiger partial charge in [0.15, 0.2) is 11.6 Å². The van der Waals surface area contributed by atoms with Gasteiger partial charge in [0, 0.05) is 15.5 Å². The maximum absolute atomic E-state index is 13.2. The number of carbonyl (C=O) groups excluding carboxylic acids is 1. The van der Waals surface area contributed by atoms with Gasteiger partial charge in [-0.1, -0.05) is 11.8 Å². The van der Waals surface area contributed by atoms with Crippen molar-refractivity contribution in [2.24, 2.45) is 0 Å². The number of esters is 1. The van der Waals surface area contributed by atoms with Gasteiger partial charge in [-0.15, -0.1) is 0 Å². The van der Waals surface area contributed by atoms with Gasteiger partial charge in [0.2, 0.25) is 0 Å². The first-order valence-electron chi connectivity index (χ1n) is 5.62. The number of nitrogen functional groups attached to an aromatic ring is 1. The highest BCUT2D eigenvalue weighted by Gasteiger charge is 2.14. The zero-order valence-electron chi connectivity index (χ0n) is 10.5. The van der Waals surface area contributed by atoms with Crippen molar-refractivity contribution in [3.8, 4) is 0 Å². The van der Waals surface area contributed by atoms with Gasteiger partial charge in [-0.25, -0.2) is 13.6 Å². The zero-order valence-corrected chi connectivity index (χ0v) is 11.3. The van der Waals surface area contributed by atoms with Gasteiger partial charge in [0.05, 0.1) is 12.7 Å². The lowest BCUT2D eigenvalue weighted by Crippen LogP contribution is -2.04. The van der Waals surface area contributed by atoms with Crippen LogP contribution in [0.5, 0.6) is 0 Å². The van der Waals surface area contributed by atoms with Gasteiger partial charge in [-0.05, 0) is 36.4 Å². The summed E-state index contributed by atoms with van der Waals surface area (Å²) in [6, 6.07) is 8.26. The standard InChI is InChI=1S/C14H11F2NO2S/c1-19-14(18)10-6-8(17)2-5-13(10)20-9-3-4-11(15)12(16)7-9/h2-7H,17H2,1H3. The molecular weight excluding hydrogens is 284 g/mol. The Morgan fingerprint density at radius 3 is 2.55 bits per heavy atom. The fourth-order valence-corrected chi connectivity index (χ4v) is 2.51. The smallest absolute Gasteiger partial charge is 0.339 e. The van der Waals surface area contributed by atoms with E-state index in [0.29, 0.717) is 15.5 Å². The lowest BCUT2D eigenvalue weighted by Gasteiger charge is -2.08. The van der Waals surface area contributed by atoms with E-state index < -0.39 is 17.6 Å². The minimum atomic E-state index is -0.940. The first-order chi connectivity index (χ1) is 9.51. The number of hydrogen-bond acceptors (Lipinski definition) is 4. The summed E-state index contributed by atoms with van der Waals surface area (Å²) in [7, 11) is 1.26. The van der Waals surface area contributed by atoms with E-state index in [4.69, 9.17) is 5.73 Å². The lowest BCUT2D eigenvalue weighted by atomic mass is 10.2. The van der Waals surface area contributed by atoms with Gasteiger partial charge in [0.1, 0.15) is 0 Å². The molecule has 6 heteroatoms. The third-order valence-corrected chi connectivity index (χ3v) is 3.59. The van der Waals surface area contributed by atoms with E-state index in [2.05, 4.69) is 4.74 Å². The normalized spacial score (nSPS) is 10.3. The third-order valence-electron chi connectivity index (χ3n) is 2.53. The van der Waals surface area contributed by atoms with E-state index in [-0.39, 0.29) is 5.56 Å². The number of halogens is 2. The van der Waals surface area contributed by atoms with Gasteiger partial charge >= 0.3 is 5.97 Å². The summed E-state index contributed by atoms with van der Waals surface area (Å²) in [6.45, 7) is 0. The van der Waals surface area contributed by atoms with Crippen molar-refractivity contribution in [2.45, 2.75) is 9.79 Å². The van der Waals surface area contributed by atoms with E-state index in [1.54, 1.807) is 12.1 Å². The molecule has 0 saturated heterocycles. The van der Waals surface area contributed by atoms with Crippen molar-refractivity contribution in [2.75, 3.05) is 12.8 Å². The number of hydrogen-bond donors (Lipinski definition) is 1. The Labute approximate surface area is 118 Å². The second-order valence-corrected chi connectivity index (χ2v) is 5.04. The highest BCUT2D eigenvalue weighted by atomic mass is 32.2. The van der Waals surface area contributed by atoms with Crippen molar-refractivity contribution < 1.29 is 18.3 Å². The quantitative estimate of drug-likeness (QED) is 0.695. The molecule has 2 aromatic carbocycles. The minimum Gasteiger partial charge on any atom is -0.465 e. The topological polar surface area (TPSA) is 52.3 Å². The van der Waals surface area contributed by atoms with Crippen molar-refractivity contribution in [1.82, 2.24) is 0 Å². The molecule has 0 aliphatic rings. The van der Waals surface area contributed by atoms with Gasteiger partial charge in [0.25, 0.3) is 0 Å². The second-order valence-electron chi connectivity index (χ2n) is 3.93. The molecule has 2 N–H and O–H groups in total. The highest BCUT2D eigenvalue weighted by Crippen LogP contribution is 2.32. The van der Waals surface area contributed by atoms with E-state index in [1.807, 2.05) is 0 Å². The zero-order chi connectivity index (χ0) is 14.7. The average molecular weight is 295 g/mol. The van der Waals surface area contributed by atoms with Crippen molar-refractivity contribution in [1.29, 1.82) is 0 Å². The Morgan fingerprint density at radius 2 is 1.90 bits per heavy atom. The number of ether oxygens (including phenoxy) is 1. The summed E-state index contributed by atoms with van der Waals surface area (Å²) in [5.74, 6) is -2.40. The molecule has 0 aliphatic carbocycles. The molecule has 0 aliphatic heterocycles. The van der Waals surface area contributed by atoms with Crippen LogP contribution in [0.2, 0.25) is 0 Å². The molecule has 0 spiro atoms. The van der Waals surface area contributed by atoms with Gasteiger partial charge in [-0.3, -0.25) is 0 Å². The first kappa shape index (κ1) is 14.3. The van der Waals surface area contributed by atoms with Crippen molar-refractivity contribution in [3.63, 3.8) is 0 Å². The Balaban J connectivity index is 2.37. The Morgan fingerprint density at radius 1 is 1.15 bits per heavy atom. The second kappa shape index (κ2) is 5.92. The van der Waals surface area contributed by atoms with Crippen LogP contribution >= 0.6 is 11.8 Å². The van der Waals surface area contributed by atoms with Crippen molar-refractivity contribution in [3.05, 3.63) is 53.6 Å². The molecule has 0 amide bonds. The van der Waals surface area contributed by atoms with E-state index in [1.165, 1.54) is 19.2 Å². The number of anilines is 1. The van der Waals surface area contributed by atoms with Crippen LogP contribution in [0.4, 0.5) is 14.5 Å². The molecule has 104 valence electrons. The van der Waals surface area contributed by atoms with Crippen LogP contribution < -0.4 is 5.73 Å². The number of nitrogens with two attached hydrogens (primary N) is 1. The van der Waals surface area contributed by atoms with Crippen LogP contribution in [-0.2, 0) is 4.74 Å². The molecule has 0 aromatic heterocycles. The largest absolute Gasteiger partial charge is 0.465 e. The maximum atomic E-state index is 13.2. The monoisotopic (exact) mass is 295 g/mol. The van der Waals surface area contributed by atoms with Crippen LogP contribution in [0.25, 0.3) is 0 Å². The summed E-state index contributed by atoms with van der Waals surface area (Å²) in [5.41, 5.74) is 6.33. The molecule has 2 rings (SSSR count). The number of methoxy groups -OCH3 is 1. The fourth-order valence-electron chi connectivity index (χ4n) is 1.57. The van der Waals surface area contributed by atoms with Gasteiger partial charge < -0.3 is 10.5 Å². The number of rotatable bonds is 3. The molecule has 3 nitrogen and oxygen atoms in total. The summed E-state index contributed by atoms with van der Waals surface area (Å²) in [6.07, 6.45) is 0. The predicted molar refractivity (Wildman–Crippen MR) is 72.7 cm³/mol. The molecule has 0 unspecified atom stereocenters. The van der Waals surface area contributed by atoms with Gasteiger partial charge in [-0.2, -0.15) is 0 Å². The van der Waals surface area contributed by atoms with Crippen LogP contribution in [0.3, 0.4) is 0 Å². The SMILES string of the molecule is COC(=O)c1cc(N)ccc1Sc1ccc(F)c(F)c1. The summed E-state index contributed by atoms with van der Waals surface area (Å²) in [4.78, 5) is 12.7. The molecule has 0 fully saturated rings. The Kier molecular flexibility index (Phi) is 4.24. The molecular formula is C14H11F2NO2S. The van der Waals surface area contributed by atoms with E-state index >= 15 is 0 Å². The minimum absolute atomic E-state index is 0.280. The molecule has 20 heavy (non-hydrogen) atoms. The van der Waals surface area contributed by atoms with Crippen LogP contribution in [0, 0.1) is 11.6 Å². The third kappa shape index (κ3) is 3.08. The Hall–Kier alpha value is -2.08. The molecule has 0 saturated carbocycles. The molecule has 0 atom stereocenters. The molecule has 0 heterocycles. The average Bonchev–Trinajstić information content (AvgIpc) is 2.44. The fraction of sp³-hybridized carbons (Fsp3) is 0.0714. The molecule has 2 aromatic rings. The van der Waals surface area contributed by atoms with Crippen LogP contribution in [0.15, 0.2) is 46.2 Å². The van der Waals surface area contributed by atoms with E-state index in [9.17, 15) is 13.6 Å². The number of carbonyl (C=O) groups is 1. The summed E-state index contributed by atoms with van der Waals surface area (Å²) < 4.78 is 30.7. The summed E-state index contributed by atoms with van der Waals surface area (Å²) in [5, 5.41) is 0. The Bertz CT molecular complexity index is 662.